The predicted molar refractivity (Wildman–Crippen MR) is 163 cm³/mol. The van der Waals surface area contributed by atoms with Crippen molar-refractivity contribution in [3.05, 3.63) is 101 Å². The van der Waals surface area contributed by atoms with Crippen LogP contribution in [-0.4, -0.2) is 73.6 Å². The first-order valence-corrected chi connectivity index (χ1v) is 14.3. The van der Waals surface area contributed by atoms with E-state index in [4.69, 9.17) is 9.47 Å². The summed E-state index contributed by atoms with van der Waals surface area (Å²) in [6, 6.07) is 25.7. The summed E-state index contributed by atoms with van der Waals surface area (Å²) in [5.74, 6) is 0.732. The third-order valence-electron chi connectivity index (χ3n) is 8.48. The van der Waals surface area contributed by atoms with E-state index in [2.05, 4.69) is 23.6 Å². The molecular weight excluding hydrogens is 528 g/mol. The second-order valence-corrected chi connectivity index (χ2v) is 11.1. The quantitative estimate of drug-likeness (QED) is 0.324. The van der Waals surface area contributed by atoms with Crippen LogP contribution in [0.25, 0.3) is 11.1 Å². The number of amides is 2. The van der Waals surface area contributed by atoms with Crippen LogP contribution in [0.1, 0.15) is 38.5 Å². The van der Waals surface area contributed by atoms with Gasteiger partial charge in [-0.1, -0.05) is 48.5 Å². The summed E-state index contributed by atoms with van der Waals surface area (Å²) >= 11 is 0. The largest absolute Gasteiger partial charge is 0.492 e. The van der Waals surface area contributed by atoms with Crippen molar-refractivity contribution in [2.75, 3.05) is 46.3 Å². The maximum Gasteiger partial charge on any atom is 0.270 e. The van der Waals surface area contributed by atoms with Gasteiger partial charge in [-0.2, -0.15) is 0 Å². The van der Waals surface area contributed by atoms with Crippen LogP contribution < -0.4 is 14.4 Å². The molecule has 0 aliphatic carbocycles. The first-order valence-electron chi connectivity index (χ1n) is 14.3. The number of carbonyl (C=O) groups is 2. The number of likely N-dealkylation sites (tertiary alicyclic amines) is 1. The molecule has 0 unspecified atom stereocenters. The fraction of sp³-hybridized carbons (Fsp3) is 0.294. The zero-order valence-electron chi connectivity index (χ0n) is 24.5. The SMILES string of the molecule is COc1c(C(=O)N2Cc3ccc(C(=O)N4CC[C@@H](N(C)C)C4)n3Cc3ccccc32)ccc(-c2ccccc2)c1OC. The summed E-state index contributed by atoms with van der Waals surface area (Å²) in [6.45, 7) is 2.27. The number of hydrogen-bond acceptors (Lipinski definition) is 5. The van der Waals surface area contributed by atoms with Crippen LogP contribution in [-0.2, 0) is 13.1 Å². The lowest BCUT2D eigenvalue weighted by atomic mass is 10.0. The van der Waals surface area contributed by atoms with Crippen LogP contribution >= 0.6 is 0 Å². The number of fused-ring (bicyclic) bond motifs is 2. The summed E-state index contributed by atoms with van der Waals surface area (Å²) in [7, 11) is 7.27. The van der Waals surface area contributed by atoms with Gasteiger partial charge in [0.25, 0.3) is 11.8 Å². The number of anilines is 1. The second kappa shape index (κ2) is 11.4. The number of aromatic nitrogens is 1. The van der Waals surface area contributed by atoms with Gasteiger partial charge in [-0.05, 0) is 62.0 Å². The highest BCUT2D eigenvalue weighted by atomic mass is 16.5. The summed E-state index contributed by atoms with van der Waals surface area (Å²) in [6.07, 6.45) is 0.964. The molecule has 1 atom stereocenters. The minimum Gasteiger partial charge on any atom is -0.492 e. The van der Waals surface area contributed by atoms with Crippen molar-refractivity contribution in [2.45, 2.75) is 25.6 Å². The molecule has 0 saturated carbocycles. The van der Waals surface area contributed by atoms with Gasteiger partial charge in [0.15, 0.2) is 11.5 Å². The fourth-order valence-electron chi connectivity index (χ4n) is 6.16. The Morgan fingerprint density at radius 1 is 0.810 bits per heavy atom. The summed E-state index contributed by atoms with van der Waals surface area (Å²) in [5.41, 5.74) is 5.56. The molecule has 2 amide bonds. The molecule has 4 aromatic rings. The van der Waals surface area contributed by atoms with Gasteiger partial charge in [0.05, 0.1) is 32.9 Å². The lowest BCUT2D eigenvalue weighted by Crippen LogP contribution is -2.35. The molecule has 0 spiro atoms. The monoisotopic (exact) mass is 564 g/mol. The molecule has 3 aromatic carbocycles. The first kappa shape index (κ1) is 27.6. The molecule has 42 heavy (non-hydrogen) atoms. The van der Waals surface area contributed by atoms with Crippen LogP contribution in [0.3, 0.4) is 0 Å². The molecule has 1 aromatic heterocycles. The molecule has 3 heterocycles. The van der Waals surface area contributed by atoms with Gasteiger partial charge in [-0.25, -0.2) is 0 Å². The summed E-state index contributed by atoms with van der Waals surface area (Å²) in [4.78, 5) is 34.0. The summed E-state index contributed by atoms with van der Waals surface area (Å²) in [5, 5.41) is 0. The second-order valence-electron chi connectivity index (χ2n) is 11.1. The maximum absolute atomic E-state index is 14.4. The molecule has 1 fully saturated rings. The number of likely N-dealkylation sites (N-methyl/N-ethyl adjacent to an activating group) is 1. The maximum atomic E-state index is 14.4. The van der Waals surface area contributed by atoms with Gasteiger partial charge in [-0.3, -0.25) is 9.59 Å². The molecule has 0 bridgehead atoms. The Morgan fingerprint density at radius 3 is 2.26 bits per heavy atom. The number of benzene rings is 3. The summed E-state index contributed by atoms with van der Waals surface area (Å²) < 4.78 is 13.7. The van der Waals surface area contributed by atoms with Crippen LogP contribution in [0.5, 0.6) is 11.5 Å². The van der Waals surface area contributed by atoms with E-state index in [0.29, 0.717) is 48.4 Å². The minimum absolute atomic E-state index is 0.0331. The van der Waals surface area contributed by atoms with Crippen molar-refractivity contribution in [2.24, 2.45) is 0 Å². The molecule has 2 aliphatic rings. The van der Waals surface area contributed by atoms with Crippen molar-refractivity contribution >= 4 is 17.5 Å². The lowest BCUT2D eigenvalue weighted by molar-refractivity contribution is 0.0772. The number of nitrogens with zero attached hydrogens (tertiary/aromatic N) is 4. The average Bonchev–Trinajstić information content (AvgIpc) is 3.64. The van der Waals surface area contributed by atoms with Crippen molar-refractivity contribution in [1.82, 2.24) is 14.4 Å². The number of para-hydroxylation sites is 1. The molecule has 1 saturated heterocycles. The van der Waals surface area contributed by atoms with Crippen molar-refractivity contribution < 1.29 is 19.1 Å². The van der Waals surface area contributed by atoms with E-state index in [1.165, 1.54) is 0 Å². The van der Waals surface area contributed by atoms with Gasteiger partial charge in [0.1, 0.15) is 5.69 Å². The van der Waals surface area contributed by atoms with Crippen molar-refractivity contribution in [1.29, 1.82) is 0 Å². The van der Waals surface area contributed by atoms with E-state index in [-0.39, 0.29) is 11.8 Å². The van der Waals surface area contributed by atoms with Gasteiger partial charge in [0, 0.05) is 36.1 Å². The molecule has 216 valence electrons. The van der Waals surface area contributed by atoms with Crippen LogP contribution in [0.2, 0.25) is 0 Å². The predicted octanol–water partition coefficient (Wildman–Crippen LogP) is 5.16. The third-order valence-corrected chi connectivity index (χ3v) is 8.48. The van der Waals surface area contributed by atoms with Gasteiger partial charge < -0.3 is 28.7 Å². The molecule has 0 radical (unpaired) electrons. The Morgan fingerprint density at radius 2 is 1.55 bits per heavy atom. The number of hydrogen-bond donors (Lipinski definition) is 0. The van der Waals surface area contributed by atoms with E-state index in [1.807, 2.05) is 83.8 Å². The highest BCUT2D eigenvalue weighted by Gasteiger charge is 2.33. The van der Waals surface area contributed by atoms with Crippen LogP contribution in [0.4, 0.5) is 5.69 Å². The third kappa shape index (κ3) is 4.81. The van der Waals surface area contributed by atoms with Crippen molar-refractivity contribution in [3.63, 3.8) is 0 Å². The first-order chi connectivity index (χ1) is 20.4. The Kier molecular flexibility index (Phi) is 7.47. The van der Waals surface area contributed by atoms with E-state index in [0.717, 1.165) is 41.0 Å². The number of methoxy groups -OCH3 is 2. The van der Waals surface area contributed by atoms with Gasteiger partial charge in [-0.15, -0.1) is 0 Å². The van der Waals surface area contributed by atoms with Crippen LogP contribution in [0, 0.1) is 0 Å². The highest BCUT2D eigenvalue weighted by Crippen LogP contribution is 2.42. The molecule has 2 aliphatic heterocycles. The zero-order valence-corrected chi connectivity index (χ0v) is 24.5. The fourth-order valence-corrected chi connectivity index (χ4v) is 6.16. The van der Waals surface area contributed by atoms with Gasteiger partial charge >= 0.3 is 0 Å². The number of carbonyl (C=O) groups excluding carboxylic acids is 2. The molecule has 8 nitrogen and oxygen atoms in total. The molecule has 8 heteroatoms. The number of rotatable bonds is 6. The zero-order chi connectivity index (χ0) is 29.4. The van der Waals surface area contributed by atoms with E-state index in [9.17, 15) is 9.59 Å². The number of ether oxygens (including phenoxy) is 2. The van der Waals surface area contributed by atoms with Crippen LogP contribution in [0.15, 0.2) is 78.9 Å². The normalized spacial score (nSPS) is 16.2. The minimum atomic E-state index is -0.201. The lowest BCUT2D eigenvalue weighted by Gasteiger charge is -2.25. The van der Waals surface area contributed by atoms with E-state index >= 15 is 0 Å². The Balaban J connectivity index is 1.38. The topological polar surface area (TPSA) is 67.2 Å². The Bertz CT molecular complexity index is 1630. The van der Waals surface area contributed by atoms with Gasteiger partial charge in [0.2, 0.25) is 0 Å². The Hall–Kier alpha value is -4.56. The standard InChI is InChI=1S/C34H36N4O4/c1-35(2)25-18-19-36(21-25)34(40)30-17-14-26-22-38(29-13-9-8-12-24(29)20-37(26)30)33(39)28-16-15-27(23-10-6-5-7-11-23)31(41-3)32(28)42-4/h5-17,25H,18-22H2,1-4H3/t25-/m1/s1. The highest BCUT2D eigenvalue weighted by molar-refractivity contribution is 6.09. The molecule has 6 rings (SSSR count). The van der Waals surface area contributed by atoms with E-state index < -0.39 is 0 Å². The average molecular weight is 565 g/mol. The molecular formula is C34H36N4O4. The van der Waals surface area contributed by atoms with Crippen molar-refractivity contribution in [3.8, 4) is 22.6 Å². The Labute approximate surface area is 246 Å². The smallest absolute Gasteiger partial charge is 0.270 e. The molecule has 0 N–H and O–H groups in total. The van der Waals surface area contributed by atoms with E-state index in [1.54, 1.807) is 19.1 Å².